The number of nitrogens with one attached hydrogen (secondary N) is 2. The van der Waals surface area contributed by atoms with Gasteiger partial charge < -0.3 is 15.7 Å². The number of para-hydroxylation sites is 1. The lowest BCUT2D eigenvalue weighted by Gasteiger charge is -2.18. The SMILES string of the molecule is CCCC(CCO)CNC(=NCc1ccccc1-n1nc(C)cc1C)NCC. The fourth-order valence-corrected chi connectivity index (χ4v) is 3.41. The first kappa shape index (κ1) is 22.0. The highest BCUT2D eigenvalue weighted by molar-refractivity contribution is 5.79. The van der Waals surface area contributed by atoms with Crippen molar-refractivity contribution in [2.45, 2.75) is 53.5 Å². The zero-order valence-electron chi connectivity index (χ0n) is 17.7. The minimum absolute atomic E-state index is 0.232. The van der Waals surface area contributed by atoms with Crippen LogP contribution >= 0.6 is 0 Å². The van der Waals surface area contributed by atoms with Crippen molar-refractivity contribution < 1.29 is 5.11 Å². The van der Waals surface area contributed by atoms with Crippen LogP contribution in [-0.2, 0) is 6.54 Å². The van der Waals surface area contributed by atoms with E-state index in [4.69, 9.17) is 4.99 Å². The molecule has 0 spiro atoms. The van der Waals surface area contributed by atoms with Crippen LogP contribution in [-0.4, -0.2) is 40.5 Å². The van der Waals surface area contributed by atoms with Gasteiger partial charge >= 0.3 is 0 Å². The lowest BCUT2D eigenvalue weighted by molar-refractivity contribution is 0.251. The van der Waals surface area contributed by atoms with E-state index < -0.39 is 0 Å². The third-order valence-electron chi connectivity index (χ3n) is 4.77. The van der Waals surface area contributed by atoms with Gasteiger partial charge in [0, 0.05) is 25.4 Å². The average Bonchev–Trinajstić information content (AvgIpc) is 3.02. The van der Waals surface area contributed by atoms with Crippen molar-refractivity contribution in [2.24, 2.45) is 10.9 Å². The third kappa shape index (κ3) is 6.37. The monoisotopic (exact) mass is 385 g/mol. The molecule has 3 N–H and O–H groups in total. The van der Waals surface area contributed by atoms with Gasteiger partial charge in [0.1, 0.15) is 0 Å². The summed E-state index contributed by atoms with van der Waals surface area (Å²) >= 11 is 0. The molecule has 1 heterocycles. The minimum Gasteiger partial charge on any atom is -0.396 e. The molecule has 0 aliphatic heterocycles. The maximum absolute atomic E-state index is 9.26. The highest BCUT2D eigenvalue weighted by Crippen LogP contribution is 2.18. The molecular weight excluding hydrogens is 350 g/mol. The fraction of sp³-hybridized carbons (Fsp3) is 0.545. The first-order valence-electron chi connectivity index (χ1n) is 10.3. The number of guanidine groups is 1. The van der Waals surface area contributed by atoms with Gasteiger partial charge in [-0.05, 0) is 57.2 Å². The van der Waals surface area contributed by atoms with Gasteiger partial charge in [-0.2, -0.15) is 5.10 Å². The van der Waals surface area contributed by atoms with E-state index in [2.05, 4.69) is 54.7 Å². The second-order valence-electron chi connectivity index (χ2n) is 7.21. The van der Waals surface area contributed by atoms with Crippen molar-refractivity contribution in [3.63, 3.8) is 0 Å². The lowest BCUT2D eigenvalue weighted by Crippen LogP contribution is -2.40. The van der Waals surface area contributed by atoms with Crippen LogP contribution in [0.5, 0.6) is 0 Å². The summed E-state index contributed by atoms with van der Waals surface area (Å²) in [7, 11) is 0. The molecule has 0 fully saturated rings. The number of hydrogen-bond donors (Lipinski definition) is 3. The van der Waals surface area contributed by atoms with E-state index in [0.717, 1.165) is 61.0 Å². The predicted molar refractivity (Wildman–Crippen MR) is 116 cm³/mol. The van der Waals surface area contributed by atoms with E-state index in [-0.39, 0.29) is 6.61 Å². The van der Waals surface area contributed by atoms with E-state index in [1.807, 2.05) is 23.7 Å². The largest absolute Gasteiger partial charge is 0.396 e. The molecule has 1 unspecified atom stereocenters. The lowest BCUT2D eigenvalue weighted by atomic mass is 10.0. The number of aryl methyl sites for hydroxylation is 2. The molecule has 1 atom stereocenters. The Labute approximate surface area is 169 Å². The summed E-state index contributed by atoms with van der Waals surface area (Å²) in [5.74, 6) is 1.27. The second kappa shape index (κ2) is 11.5. The van der Waals surface area contributed by atoms with Gasteiger partial charge in [0.2, 0.25) is 0 Å². The fourth-order valence-electron chi connectivity index (χ4n) is 3.41. The number of benzene rings is 1. The molecule has 0 saturated heterocycles. The van der Waals surface area contributed by atoms with Crippen molar-refractivity contribution in [2.75, 3.05) is 19.7 Å². The second-order valence-corrected chi connectivity index (χ2v) is 7.21. The van der Waals surface area contributed by atoms with E-state index in [1.165, 1.54) is 0 Å². The van der Waals surface area contributed by atoms with Gasteiger partial charge in [-0.15, -0.1) is 0 Å². The van der Waals surface area contributed by atoms with Crippen LogP contribution in [0.3, 0.4) is 0 Å². The first-order valence-corrected chi connectivity index (χ1v) is 10.3. The van der Waals surface area contributed by atoms with Gasteiger partial charge in [-0.3, -0.25) is 0 Å². The molecule has 28 heavy (non-hydrogen) atoms. The zero-order chi connectivity index (χ0) is 20.4. The van der Waals surface area contributed by atoms with Gasteiger partial charge in [-0.1, -0.05) is 31.5 Å². The maximum Gasteiger partial charge on any atom is 0.191 e. The summed E-state index contributed by atoms with van der Waals surface area (Å²) < 4.78 is 1.99. The quantitative estimate of drug-likeness (QED) is 0.433. The third-order valence-corrected chi connectivity index (χ3v) is 4.77. The number of nitrogens with zero attached hydrogens (tertiary/aromatic N) is 3. The predicted octanol–water partition coefficient (Wildman–Crippen LogP) is 3.34. The molecule has 6 heteroatoms. The summed E-state index contributed by atoms with van der Waals surface area (Å²) in [4.78, 5) is 4.79. The van der Waals surface area contributed by atoms with Gasteiger partial charge in [0.25, 0.3) is 0 Å². The Morgan fingerprint density at radius 1 is 1.18 bits per heavy atom. The standard InChI is InChI=1S/C22H35N5O/c1-5-9-19(12-13-28)15-24-22(23-6-2)25-16-20-10-7-8-11-21(20)27-18(4)14-17(3)26-27/h7-8,10-11,14,19,28H,5-6,9,12-13,15-16H2,1-4H3,(H2,23,24,25). The molecule has 1 aromatic heterocycles. The normalized spacial score (nSPS) is 12.8. The average molecular weight is 386 g/mol. The van der Waals surface area contributed by atoms with Crippen LogP contribution < -0.4 is 10.6 Å². The summed E-state index contributed by atoms with van der Waals surface area (Å²) in [5, 5.41) is 20.6. The number of aromatic nitrogens is 2. The van der Waals surface area contributed by atoms with Crippen molar-refractivity contribution in [1.82, 2.24) is 20.4 Å². The molecule has 0 saturated carbocycles. The minimum atomic E-state index is 0.232. The molecule has 0 bridgehead atoms. The Hall–Kier alpha value is -2.34. The Morgan fingerprint density at radius 3 is 2.61 bits per heavy atom. The van der Waals surface area contributed by atoms with Crippen LogP contribution in [0.1, 0.15) is 50.1 Å². The number of aliphatic imine (C=N–C) groups is 1. The molecule has 1 aromatic carbocycles. The molecule has 154 valence electrons. The van der Waals surface area contributed by atoms with E-state index in [1.54, 1.807) is 0 Å². The van der Waals surface area contributed by atoms with Crippen molar-refractivity contribution >= 4 is 5.96 Å². The Kier molecular flexibility index (Phi) is 9.01. The summed E-state index contributed by atoms with van der Waals surface area (Å²) in [6.45, 7) is 10.8. The molecule has 0 radical (unpaired) electrons. The summed E-state index contributed by atoms with van der Waals surface area (Å²) in [5.41, 5.74) is 4.32. The Balaban J connectivity index is 2.13. The van der Waals surface area contributed by atoms with Gasteiger partial charge in [0.15, 0.2) is 5.96 Å². The number of aliphatic hydroxyl groups excluding tert-OH is 1. The highest BCUT2D eigenvalue weighted by atomic mass is 16.3. The Bertz CT molecular complexity index is 747. The highest BCUT2D eigenvalue weighted by Gasteiger charge is 2.10. The van der Waals surface area contributed by atoms with E-state index >= 15 is 0 Å². The molecule has 0 amide bonds. The summed E-state index contributed by atoms with van der Waals surface area (Å²) in [6, 6.07) is 10.3. The van der Waals surface area contributed by atoms with Crippen molar-refractivity contribution in [3.05, 3.63) is 47.3 Å². The smallest absolute Gasteiger partial charge is 0.191 e. The van der Waals surface area contributed by atoms with Gasteiger partial charge in [0.05, 0.1) is 17.9 Å². The van der Waals surface area contributed by atoms with Crippen molar-refractivity contribution in [3.8, 4) is 5.69 Å². The Morgan fingerprint density at radius 2 is 1.96 bits per heavy atom. The number of hydrogen-bond acceptors (Lipinski definition) is 3. The topological polar surface area (TPSA) is 74.5 Å². The van der Waals surface area contributed by atoms with Crippen LogP contribution in [0.4, 0.5) is 0 Å². The maximum atomic E-state index is 9.26. The molecule has 0 aliphatic rings. The number of rotatable bonds is 10. The van der Waals surface area contributed by atoms with Crippen LogP contribution in [0, 0.1) is 19.8 Å². The number of aliphatic hydroxyl groups is 1. The molecular formula is C22H35N5O. The van der Waals surface area contributed by atoms with Crippen LogP contribution in [0.2, 0.25) is 0 Å². The van der Waals surface area contributed by atoms with Crippen LogP contribution in [0.15, 0.2) is 35.3 Å². The zero-order valence-corrected chi connectivity index (χ0v) is 17.7. The van der Waals surface area contributed by atoms with E-state index in [0.29, 0.717) is 12.5 Å². The van der Waals surface area contributed by atoms with Crippen molar-refractivity contribution in [1.29, 1.82) is 0 Å². The molecule has 6 nitrogen and oxygen atoms in total. The molecule has 0 aliphatic carbocycles. The van der Waals surface area contributed by atoms with E-state index in [9.17, 15) is 5.11 Å². The first-order chi connectivity index (χ1) is 13.6. The van der Waals surface area contributed by atoms with Crippen LogP contribution in [0.25, 0.3) is 5.69 Å². The van der Waals surface area contributed by atoms with Gasteiger partial charge in [-0.25, -0.2) is 9.67 Å². The summed E-state index contributed by atoms with van der Waals surface area (Å²) in [6.07, 6.45) is 3.05. The molecule has 2 aromatic rings. The molecule has 2 rings (SSSR count).